The van der Waals surface area contributed by atoms with E-state index in [1.807, 2.05) is 0 Å². The zero-order valence-electron chi connectivity index (χ0n) is 9.94. The van der Waals surface area contributed by atoms with E-state index in [4.69, 9.17) is 5.73 Å². The molecule has 3 N–H and O–H groups in total. The van der Waals surface area contributed by atoms with Gasteiger partial charge in [-0.1, -0.05) is 0 Å². The molecule has 0 saturated heterocycles. The number of carbonyl (C=O) groups excluding carboxylic acids is 1. The molecule has 1 heterocycles. The van der Waals surface area contributed by atoms with Gasteiger partial charge in [0.25, 0.3) is 0 Å². The first-order valence-electron chi connectivity index (χ1n) is 5.74. The second kappa shape index (κ2) is 6.38. The van der Waals surface area contributed by atoms with Crippen LogP contribution in [0.1, 0.15) is 29.0 Å². The molecular formula is C12H19ClN2OS. The average molecular weight is 275 g/mol. The molecule has 2 atom stereocenters. The van der Waals surface area contributed by atoms with E-state index in [2.05, 4.69) is 24.4 Å². The third-order valence-electron chi connectivity index (χ3n) is 3.08. The number of thiophene rings is 1. The summed E-state index contributed by atoms with van der Waals surface area (Å²) in [6.07, 6.45) is 2.77. The van der Waals surface area contributed by atoms with Crippen molar-refractivity contribution in [1.82, 2.24) is 5.32 Å². The monoisotopic (exact) mass is 274 g/mol. The smallest absolute Gasteiger partial charge is 0.223 e. The number of nitrogens with two attached hydrogens (primary N) is 1. The minimum atomic E-state index is 0. The number of hydrogen-bond donors (Lipinski definition) is 2. The van der Waals surface area contributed by atoms with Crippen LogP contribution < -0.4 is 11.1 Å². The third-order valence-corrected chi connectivity index (χ3v) is 4.08. The van der Waals surface area contributed by atoms with E-state index in [0.717, 1.165) is 19.3 Å². The largest absolute Gasteiger partial charge is 0.351 e. The number of hydrogen-bond acceptors (Lipinski definition) is 3. The molecule has 0 spiro atoms. The SMILES string of the molecule is Cc1ccc(CNC(=O)C2CCC(N)C2)s1.Cl. The molecule has 17 heavy (non-hydrogen) atoms. The summed E-state index contributed by atoms with van der Waals surface area (Å²) in [5.74, 6) is 0.301. The highest BCUT2D eigenvalue weighted by atomic mass is 35.5. The first-order chi connectivity index (χ1) is 7.65. The van der Waals surface area contributed by atoms with Crippen LogP contribution in [0.2, 0.25) is 0 Å². The van der Waals surface area contributed by atoms with E-state index in [1.165, 1.54) is 9.75 Å². The van der Waals surface area contributed by atoms with Crippen LogP contribution in [0.15, 0.2) is 12.1 Å². The van der Waals surface area contributed by atoms with Crippen LogP contribution in [0.4, 0.5) is 0 Å². The van der Waals surface area contributed by atoms with Crippen molar-refractivity contribution in [1.29, 1.82) is 0 Å². The molecule has 1 aromatic rings. The Morgan fingerprint density at radius 3 is 2.82 bits per heavy atom. The molecule has 1 aliphatic rings. The molecular weight excluding hydrogens is 256 g/mol. The Morgan fingerprint density at radius 1 is 1.53 bits per heavy atom. The summed E-state index contributed by atoms with van der Waals surface area (Å²) in [5, 5.41) is 2.99. The van der Waals surface area contributed by atoms with Gasteiger partial charge in [0.15, 0.2) is 0 Å². The molecule has 0 aliphatic heterocycles. The van der Waals surface area contributed by atoms with Crippen LogP contribution in [0.3, 0.4) is 0 Å². The van der Waals surface area contributed by atoms with Crippen LogP contribution in [0.5, 0.6) is 0 Å². The van der Waals surface area contributed by atoms with Crippen molar-refractivity contribution in [3.63, 3.8) is 0 Å². The van der Waals surface area contributed by atoms with Crippen LogP contribution in [0.25, 0.3) is 0 Å². The molecule has 5 heteroatoms. The number of rotatable bonds is 3. The Hall–Kier alpha value is -0.580. The van der Waals surface area contributed by atoms with Gasteiger partial charge in [-0.25, -0.2) is 0 Å². The Labute approximate surface area is 112 Å². The van der Waals surface area contributed by atoms with Gasteiger partial charge in [0.1, 0.15) is 0 Å². The van der Waals surface area contributed by atoms with Crippen molar-refractivity contribution >= 4 is 29.7 Å². The highest BCUT2D eigenvalue weighted by Gasteiger charge is 2.27. The molecule has 0 radical (unpaired) electrons. The minimum absolute atomic E-state index is 0. The van der Waals surface area contributed by atoms with Crippen molar-refractivity contribution in [3.8, 4) is 0 Å². The van der Waals surface area contributed by atoms with Crippen molar-refractivity contribution in [3.05, 3.63) is 21.9 Å². The molecule has 2 unspecified atom stereocenters. The summed E-state index contributed by atoms with van der Waals surface area (Å²) < 4.78 is 0. The van der Waals surface area contributed by atoms with Crippen LogP contribution in [-0.4, -0.2) is 11.9 Å². The molecule has 1 aromatic heterocycles. The van der Waals surface area contributed by atoms with Crippen molar-refractivity contribution in [2.45, 2.75) is 38.8 Å². The second-order valence-corrected chi connectivity index (χ2v) is 5.87. The molecule has 1 saturated carbocycles. The van der Waals surface area contributed by atoms with Gasteiger partial charge in [0.05, 0.1) is 6.54 Å². The maximum atomic E-state index is 11.8. The molecule has 1 amide bonds. The summed E-state index contributed by atoms with van der Waals surface area (Å²) in [7, 11) is 0. The number of aryl methyl sites for hydroxylation is 1. The van der Waals surface area contributed by atoms with Crippen molar-refractivity contribution in [2.75, 3.05) is 0 Å². The summed E-state index contributed by atoms with van der Waals surface area (Å²) in [5.41, 5.74) is 5.80. The van der Waals surface area contributed by atoms with E-state index < -0.39 is 0 Å². The van der Waals surface area contributed by atoms with E-state index in [9.17, 15) is 4.79 Å². The Bertz CT molecular complexity index is 380. The first kappa shape index (κ1) is 14.5. The van der Waals surface area contributed by atoms with Gasteiger partial charge < -0.3 is 11.1 Å². The summed E-state index contributed by atoms with van der Waals surface area (Å²) in [6.45, 7) is 2.73. The molecule has 2 rings (SSSR count). The second-order valence-electron chi connectivity index (χ2n) is 4.50. The molecule has 0 bridgehead atoms. The fraction of sp³-hybridized carbons (Fsp3) is 0.583. The van der Waals surface area contributed by atoms with Gasteiger partial charge in [-0.3, -0.25) is 4.79 Å². The minimum Gasteiger partial charge on any atom is -0.351 e. The quantitative estimate of drug-likeness (QED) is 0.888. The fourth-order valence-electron chi connectivity index (χ4n) is 2.15. The number of nitrogens with one attached hydrogen (secondary N) is 1. The zero-order valence-corrected chi connectivity index (χ0v) is 11.6. The normalized spacial score (nSPS) is 23.2. The standard InChI is InChI=1S/C12H18N2OS.ClH/c1-8-2-5-11(16-8)7-14-12(15)9-3-4-10(13)6-9;/h2,5,9-10H,3-4,6-7,13H2,1H3,(H,14,15);1H. The lowest BCUT2D eigenvalue weighted by Gasteiger charge is -2.09. The highest BCUT2D eigenvalue weighted by molar-refractivity contribution is 7.11. The molecule has 1 aliphatic carbocycles. The summed E-state index contributed by atoms with van der Waals surface area (Å²) in [6, 6.07) is 4.37. The van der Waals surface area contributed by atoms with Gasteiger partial charge in [-0.05, 0) is 38.3 Å². The van der Waals surface area contributed by atoms with Crippen molar-refractivity contribution in [2.24, 2.45) is 11.7 Å². The summed E-state index contributed by atoms with van der Waals surface area (Å²) >= 11 is 1.73. The topological polar surface area (TPSA) is 55.1 Å². The van der Waals surface area contributed by atoms with Crippen LogP contribution >= 0.6 is 23.7 Å². The van der Waals surface area contributed by atoms with Crippen LogP contribution in [0, 0.1) is 12.8 Å². The van der Waals surface area contributed by atoms with Crippen molar-refractivity contribution < 1.29 is 4.79 Å². The Kier molecular flexibility index (Phi) is 5.43. The van der Waals surface area contributed by atoms with E-state index in [-0.39, 0.29) is 30.3 Å². The molecule has 3 nitrogen and oxygen atoms in total. The van der Waals surface area contributed by atoms with Gasteiger partial charge in [-0.15, -0.1) is 23.7 Å². The Balaban J connectivity index is 0.00000144. The maximum absolute atomic E-state index is 11.8. The first-order valence-corrected chi connectivity index (χ1v) is 6.55. The number of amides is 1. The maximum Gasteiger partial charge on any atom is 0.223 e. The lowest BCUT2D eigenvalue weighted by Crippen LogP contribution is -2.29. The Morgan fingerprint density at radius 2 is 2.29 bits per heavy atom. The number of carbonyl (C=O) groups is 1. The molecule has 96 valence electrons. The van der Waals surface area contributed by atoms with E-state index in [0.29, 0.717) is 6.54 Å². The molecule has 1 fully saturated rings. The predicted octanol–water partition coefficient (Wildman–Crippen LogP) is 2.22. The van der Waals surface area contributed by atoms with Gasteiger partial charge in [-0.2, -0.15) is 0 Å². The highest BCUT2D eigenvalue weighted by Crippen LogP contribution is 2.24. The van der Waals surface area contributed by atoms with Gasteiger partial charge in [0, 0.05) is 21.7 Å². The fourth-order valence-corrected chi connectivity index (χ4v) is 2.98. The van der Waals surface area contributed by atoms with E-state index >= 15 is 0 Å². The third kappa shape index (κ3) is 3.98. The predicted molar refractivity (Wildman–Crippen MR) is 73.5 cm³/mol. The number of halogens is 1. The lowest BCUT2D eigenvalue weighted by molar-refractivity contribution is -0.124. The zero-order chi connectivity index (χ0) is 11.5. The summed E-state index contributed by atoms with van der Waals surface area (Å²) in [4.78, 5) is 14.3. The van der Waals surface area contributed by atoms with E-state index in [1.54, 1.807) is 11.3 Å². The van der Waals surface area contributed by atoms with Gasteiger partial charge >= 0.3 is 0 Å². The lowest BCUT2D eigenvalue weighted by atomic mass is 10.1. The molecule has 0 aromatic carbocycles. The van der Waals surface area contributed by atoms with Crippen LogP contribution in [-0.2, 0) is 11.3 Å². The van der Waals surface area contributed by atoms with Gasteiger partial charge in [0.2, 0.25) is 5.91 Å². The average Bonchev–Trinajstić information content (AvgIpc) is 2.84.